The first-order chi connectivity index (χ1) is 11.4. The molecular weight excluding hydrogens is 330 g/mol. The van der Waals surface area contributed by atoms with Gasteiger partial charge in [0.15, 0.2) is 0 Å². The summed E-state index contributed by atoms with van der Waals surface area (Å²) in [5, 5.41) is 9.31. The number of imide groups is 1. The zero-order valence-corrected chi connectivity index (χ0v) is 14.5. The quantitative estimate of drug-likeness (QED) is 0.788. The molecule has 0 radical (unpaired) electrons. The summed E-state index contributed by atoms with van der Waals surface area (Å²) in [6.45, 7) is 6.01. The van der Waals surface area contributed by atoms with E-state index in [2.05, 4.69) is 0 Å². The molecule has 2 saturated heterocycles. The average molecular weight is 348 g/mol. The van der Waals surface area contributed by atoms with Crippen LogP contribution in [-0.2, 0) is 9.53 Å². The van der Waals surface area contributed by atoms with Crippen LogP contribution in [0.4, 0.5) is 10.5 Å². The molecule has 0 N–H and O–H groups in total. The molecule has 2 fully saturated rings. The summed E-state index contributed by atoms with van der Waals surface area (Å²) in [6.07, 6.45) is 0.347. The minimum absolute atomic E-state index is 0.0157. The number of rotatable bonds is 3. The highest BCUT2D eigenvalue weighted by atomic mass is 35.5. The standard InChI is InChI=1S/C17H18ClN3O3/c1-9(2)24-13-6-7-20-15(13)16(22)21(17(20)23)12-5-4-11(8-19)14(18)10(12)3/h4-5,9,13,15H,6-7H2,1-3H3/t13?,15-/m0/s1. The molecule has 1 unspecified atom stereocenters. The van der Waals surface area contributed by atoms with Gasteiger partial charge < -0.3 is 9.64 Å². The summed E-state index contributed by atoms with van der Waals surface area (Å²) in [5.41, 5.74) is 1.28. The van der Waals surface area contributed by atoms with Crippen LogP contribution in [0, 0.1) is 18.3 Å². The zero-order chi connectivity index (χ0) is 17.6. The van der Waals surface area contributed by atoms with Crippen LogP contribution in [-0.4, -0.2) is 41.6 Å². The van der Waals surface area contributed by atoms with Crippen LogP contribution in [0.15, 0.2) is 12.1 Å². The lowest BCUT2D eigenvalue weighted by molar-refractivity contribution is -0.123. The predicted molar refractivity (Wildman–Crippen MR) is 88.9 cm³/mol. The summed E-state index contributed by atoms with van der Waals surface area (Å²) >= 11 is 6.18. The van der Waals surface area contributed by atoms with Crippen molar-refractivity contribution in [3.8, 4) is 6.07 Å². The number of urea groups is 1. The van der Waals surface area contributed by atoms with Gasteiger partial charge in [-0.05, 0) is 44.9 Å². The maximum absolute atomic E-state index is 12.9. The van der Waals surface area contributed by atoms with Gasteiger partial charge >= 0.3 is 6.03 Å². The van der Waals surface area contributed by atoms with Gasteiger partial charge in [0.1, 0.15) is 12.1 Å². The molecule has 3 amide bonds. The van der Waals surface area contributed by atoms with Crippen molar-refractivity contribution in [3.05, 3.63) is 28.3 Å². The van der Waals surface area contributed by atoms with Gasteiger partial charge in [0.25, 0.3) is 5.91 Å². The molecular formula is C17H18ClN3O3. The van der Waals surface area contributed by atoms with E-state index in [1.165, 1.54) is 6.07 Å². The molecule has 6 nitrogen and oxygen atoms in total. The van der Waals surface area contributed by atoms with Crippen LogP contribution < -0.4 is 4.90 Å². The number of hydrogen-bond donors (Lipinski definition) is 0. The molecule has 126 valence electrons. The summed E-state index contributed by atoms with van der Waals surface area (Å²) < 4.78 is 5.81. The van der Waals surface area contributed by atoms with Gasteiger partial charge in [-0.2, -0.15) is 5.26 Å². The van der Waals surface area contributed by atoms with Gasteiger partial charge in [-0.1, -0.05) is 11.6 Å². The summed E-state index contributed by atoms with van der Waals surface area (Å²) in [6, 6.07) is 4.17. The minimum atomic E-state index is -0.589. The highest BCUT2D eigenvalue weighted by Gasteiger charge is 2.53. The lowest BCUT2D eigenvalue weighted by atomic mass is 10.1. The molecule has 3 rings (SSSR count). The molecule has 2 atom stereocenters. The average Bonchev–Trinajstić information content (AvgIpc) is 3.04. The van der Waals surface area contributed by atoms with Gasteiger partial charge in [0.2, 0.25) is 0 Å². The molecule has 0 aromatic heterocycles. The Balaban J connectivity index is 1.97. The highest BCUT2D eigenvalue weighted by Crippen LogP contribution is 2.37. The third-order valence-electron chi connectivity index (χ3n) is 4.42. The number of benzene rings is 1. The van der Waals surface area contributed by atoms with E-state index >= 15 is 0 Å². The Morgan fingerprint density at radius 1 is 1.38 bits per heavy atom. The number of halogens is 1. The molecule has 2 aliphatic heterocycles. The fourth-order valence-corrected chi connectivity index (χ4v) is 3.55. The number of anilines is 1. The number of nitrogens with zero attached hydrogens (tertiary/aromatic N) is 3. The van der Waals surface area contributed by atoms with E-state index in [0.717, 1.165) is 4.90 Å². The third-order valence-corrected chi connectivity index (χ3v) is 4.91. The fourth-order valence-electron chi connectivity index (χ4n) is 3.34. The van der Waals surface area contributed by atoms with E-state index in [0.29, 0.717) is 29.8 Å². The van der Waals surface area contributed by atoms with Crippen molar-refractivity contribution in [1.29, 1.82) is 5.26 Å². The van der Waals surface area contributed by atoms with Crippen molar-refractivity contribution in [2.24, 2.45) is 0 Å². The van der Waals surface area contributed by atoms with Gasteiger partial charge in [-0.25, -0.2) is 9.69 Å². The van der Waals surface area contributed by atoms with Crippen molar-refractivity contribution in [3.63, 3.8) is 0 Å². The van der Waals surface area contributed by atoms with Crippen LogP contribution >= 0.6 is 11.6 Å². The lowest BCUT2D eigenvalue weighted by Gasteiger charge is -2.21. The molecule has 2 aliphatic rings. The van der Waals surface area contributed by atoms with E-state index in [1.807, 2.05) is 19.9 Å². The van der Waals surface area contributed by atoms with E-state index in [9.17, 15) is 9.59 Å². The van der Waals surface area contributed by atoms with Gasteiger partial charge in [0, 0.05) is 6.54 Å². The van der Waals surface area contributed by atoms with Crippen molar-refractivity contribution < 1.29 is 14.3 Å². The Hall–Kier alpha value is -2.10. The number of ether oxygens (including phenoxy) is 1. The molecule has 1 aromatic carbocycles. The fraction of sp³-hybridized carbons (Fsp3) is 0.471. The van der Waals surface area contributed by atoms with Crippen molar-refractivity contribution in [1.82, 2.24) is 4.90 Å². The number of carbonyl (C=O) groups is 2. The van der Waals surface area contributed by atoms with Crippen LogP contribution in [0.1, 0.15) is 31.4 Å². The highest BCUT2D eigenvalue weighted by molar-refractivity contribution is 6.33. The van der Waals surface area contributed by atoms with Crippen molar-refractivity contribution >= 4 is 29.2 Å². The Morgan fingerprint density at radius 3 is 2.71 bits per heavy atom. The van der Waals surface area contributed by atoms with Crippen LogP contribution in [0.25, 0.3) is 0 Å². The van der Waals surface area contributed by atoms with Crippen LogP contribution in [0.5, 0.6) is 0 Å². The smallest absolute Gasteiger partial charge is 0.332 e. The molecule has 7 heteroatoms. The number of amides is 3. The molecule has 0 saturated carbocycles. The lowest BCUT2D eigenvalue weighted by Crippen LogP contribution is -2.39. The Labute approximate surface area is 145 Å². The van der Waals surface area contributed by atoms with E-state index in [-0.39, 0.29) is 29.2 Å². The Kier molecular flexibility index (Phi) is 4.24. The van der Waals surface area contributed by atoms with Gasteiger partial charge in [-0.3, -0.25) is 4.79 Å². The maximum Gasteiger partial charge on any atom is 0.332 e. The van der Waals surface area contributed by atoms with E-state index < -0.39 is 6.04 Å². The molecule has 0 bridgehead atoms. The van der Waals surface area contributed by atoms with Gasteiger partial charge in [-0.15, -0.1) is 0 Å². The molecule has 0 aliphatic carbocycles. The van der Waals surface area contributed by atoms with Crippen LogP contribution in [0.2, 0.25) is 5.02 Å². The van der Waals surface area contributed by atoms with E-state index in [4.69, 9.17) is 21.6 Å². The molecule has 1 aromatic rings. The minimum Gasteiger partial charge on any atom is -0.373 e. The summed E-state index contributed by atoms with van der Waals surface area (Å²) in [7, 11) is 0. The SMILES string of the molecule is Cc1c(N2C(=O)[C@@H]3C(OC(C)C)CCN3C2=O)ccc(C#N)c1Cl. The summed E-state index contributed by atoms with van der Waals surface area (Å²) in [4.78, 5) is 28.3. The van der Waals surface area contributed by atoms with Gasteiger partial charge in [0.05, 0.1) is 28.5 Å². The molecule has 24 heavy (non-hydrogen) atoms. The van der Waals surface area contributed by atoms with Crippen molar-refractivity contribution in [2.45, 2.75) is 45.4 Å². The molecule has 2 heterocycles. The second-order valence-electron chi connectivity index (χ2n) is 6.29. The second kappa shape index (κ2) is 6.08. The summed E-state index contributed by atoms with van der Waals surface area (Å²) in [5.74, 6) is -0.299. The number of carbonyl (C=O) groups excluding carboxylic acids is 2. The molecule has 0 spiro atoms. The maximum atomic E-state index is 12.9. The topological polar surface area (TPSA) is 73.6 Å². The van der Waals surface area contributed by atoms with Crippen molar-refractivity contribution in [2.75, 3.05) is 11.4 Å². The third kappa shape index (κ3) is 2.45. The Morgan fingerprint density at radius 2 is 2.08 bits per heavy atom. The number of fused-ring (bicyclic) bond motifs is 1. The zero-order valence-electron chi connectivity index (χ0n) is 13.7. The number of nitriles is 1. The normalized spacial score (nSPS) is 23.2. The number of hydrogen-bond acceptors (Lipinski definition) is 4. The largest absolute Gasteiger partial charge is 0.373 e. The second-order valence-corrected chi connectivity index (χ2v) is 6.67. The first kappa shape index (κ1) is 16.7. The monoisotopic (exact) mass is 347 g/mol. The first-order valence-electron chi connectivity index (χ1n) is 7.86. The predicted octanol–water partition coefficient (Wildman–Crippen LogP) is 2.85. The first-order valence-corrected chi connectivity index (χ1v) is 8.23. The van der Waals surface area contributed by atoms with E-state index in [1.54, 1.807) is 17.9 Å². The van der Waals surface area contributed by atoms with Crippen LogP contribution in [0.3, 0.4) is 0 Å². The Bertz CT molecular complexity index is 756.